The van der Waals surface area contributed by atoms with Crippen LogP contribution in [0, 0.1) is 0 Å². The topological polar surface area (TPSA) is 62.2 Å². The van der Waals surface area contributed by atoms with Gasteiger partial charge >= 0.3 is 0 Å². The lowest BCUT2D eigenvalue weighted by atomic mass is 10.1. The molecule has 2 heterocycles. The van der Waals surface area contributed by atoms with Gasteiger partial charge in [-0.3, -0.25) is 9.59 Å². The fourth-order valence-electron chi connectivity index (χ4n) is 3.60. The Labute approximate surface area is 180 Å². The van der Waals surface area contributed by atoms with Crippen molar-refractivity contribution in [2.24, 2.45) is 4.99 Å². The summed E-state index contributed by atoms with van der Waals surface area (Å²) in [5.74, 6) is -0.516. The second-order valence-corrected chi connectivity index (χ2v) is 7.95. The highest BCUT2D eigenvalue weighted by Gasteiger charge is 2.39. The number of hydrogen-bond acceptors (Lipinski definition) is 5. The average Bonchev–Trinajstić information content (AvgIpc) is 3.27. The first kappa shape index (κ1) is 20.4. The van der Waals surface area contributed by atoms with Crippen LogP contribution in [0.2, 0.25) is 0 Å². The van der Waals surface area contributed by atoms with Crippen molar-refractivity contribution < 1.29 is 14.3 Å². The van der Waals surface area contributed by atoms with Crippen LogP contribution in [0.1, 0.15) is 18.1 Å². The number of carbonyl (C=O) groups excluding carboxylic acids is 2. The second kappa shape index (κ2) is 8.85. The molecule has 0 aliphatic carbocycles. The molecule has 154 valence electrons. The number of amides is 2. The number of fused-ring (bicyclic) bond motifs is 1. The lowest BCUT2D eigenvalue weighted by molar-refractivity contribution is -0.115. The lowest BCUT2D eigenvalue weighted by Gasteiger charge is -2.20. The summed E-state index contributed by atoms with van der Waals surface area (Å²) in [7, 11) is 1.64. The predicted molar refractivity (Wildman–Crippen MR) is 120 cm³/mol. The molecular weight excluding hydrogens is 398 g/mol. The fourth-order valence-corrected chi connectivity index (χ4v) is 4.69. The van der Waals surface area contributed by atoms with Crippen LogP contribution in [0.15, 0.2) is 64.5 Å². The molecule has 0 aromatic heterocycles. The minimum atomic E-state index is -0.356. The summed E-state index contributed by atoms with van der Waals surface area (Å²) in [6.07, 6.45) is 0. The van der Waals surface area contributed by atoms with Crippen LogP contribution >= 0.6 is 11.8 Å². The zero-order valence-electron chi connectivity index (χ0n) is 17.0. The van der Waals surface area contributed by atoms with Crippen molar-refractivity contribution in [1.82, 2.24) is 4.90 Å². The van der Waals surface area contributed by atoms with E-state index >= 15 is 0 Å². The third-order valence-electron chi connectivity index (χ3n) is 5.14. The van der Waals surface area contributed by atoms with Crippen LogP contribution in [0.4, 0.5) is 5.69 Å². The van der Waals surface area contributed by atoms with Crippen molar-refractivity contribution in [3.05, 3.63) is 70.6 Å². The van der Waals surface area contributed by atoms with E-state index in [4.69, 9.17) is 4.74 Å². The molecule has 2 aromatic carbocycles. The molecule has 6 nitrogen and oxygen atoms in total. The first-order valence-corrected chi connectivity index (χ1v) is 10.7. The summed E-state index contributed by atoms with van der Waals surface area (Å²) in [5.41, 5.74) is 3.08. The van der Waals surface area contributed by atoms with Gasteiger partial charge in [0.25, 0.3) is 11.8 Å². The Kier molecular flexibility index (Phi) is 6.01. The molecule has 2 aromatic rings. The SMILES string of the molecule is CCN(CCOC)C1=NC(=O)/C(=C2/C(=O)N(Cc3ccccc3)c3ccccc32)S1. The van der Waals surface area contributed by atoms with E-state index in [-0.39, 0.29) is 11.8 Å². The number of thioether (sulfide) groups is 1. The largest absolute Gasteiger partial charge is 0.383 e. The third-order valence-corrected chi connectivity index (χ3v) is 6.25. The Morgan fingerprint density at radius 2 is 1.80 bits per heavy atom. The molecule has 0 atom stereocenters. The van der Waals surface area contributed by atoms with E-state index in [1.807, 2.05) is 66.4 Å². The van der Waals surface area contributed by atoms with Crippen LogP contribution in [0.25, 0.3) is 5.57 Å². The van der Waals surface area contributed by atoms with Gasteiger partial charge in [-0.2, -0.15) is 4.99 Å². The minimum Gasteiger partial charge on any atom is -0.383 e. The normalized spacial score (nSPS) is 18.1. The molecule has 0 fully saturated rings. The number of amidine groups is 1. The number of benzene rings is 2. The van der Waals surface area contributed by atoms with Crippen molar-refractivity contribution in [2.75, 3.05) is 31.7 Å². The molecule has 7 heteroatoms. The number of ether oxygens (including phenoxy) is 1. The molecule has 2 aliphatic heterocycles. The highest BCUT2D eigenvalue weighted by atomic mass is 32.2. The summed E-state index contributed by atoms with van der Waals surface area (Å²) in [4.78, 5) is 34.6. The number of anilines is 1. The monoisotopic (exact) mass is 421 g/mol. The zero-order chi connectivity index (χ0) is 21.1. The van der Waals surface area contributed by atoms with Crippen LogP contribution in [-0.2, 0) is 20.9 Å². The number of methoxy groups -OCH3 is 1. The molecule has 0 saturated carbocycles. The number of likely N-dealkylation sites (N-methyl/N-ethyl adjacent to an activating group) is 1. The van der Waals surface area contributed by atoms with Crippen molar-refractivity contribution in [3.8, 4) is 0 Å². The Morgan fingerprint density at radius 3 is 2.53 bits per heavy atom. The third kappa shape index (κ3) is 3.78. The standard InChI is InChI=1S/C23H23N3O3S/c1-3-25(13-14-29-2)23-24-21(27)20(30-23)19-17-11-7-8-12-18(17)26(22(19)28)15-16-9-5-4-6-10-16/h4-12H,3,13-15H2,1-2H3/b20-19-. The first-order valence-electron chi connectivity index (χ1n) is 9.88. The van der Waals surface area contributed by atoms with Gasteiger partial charge in [-0.05, 0) is 30.3 Å². The Morgan fingerprint density at radius 1 is 1.07 bits per heavy atom. The van der Waals surface area contributed by atoms with Gasteiger partial charge in [0, 0.05) is 25.8 Å². The summed E-state index contributed by atoms with van der Waals surface area (Å²) in [5, 5.41) is 0.619. The second-order valence-electron chi connectivity index (χ2n) is 6.97. The van der Waals surface area contributed by atoms with E-state index in [1.54, 1.807) is 12.0 Å². The molecule has 0 saturated heterocycles. The summed E-state index contributed by atoms with van der Waals surface area (Å²) in [6.45, 7) is 4.34. The van der Waals surface area contributed by atoms with Crippen molar-refractivity contribution in [1.29, 1.82) is 0 Å². The molecule has 0 spiro atoms. The number of carbonyl (C=O) groups is 2. The average molecular weight is 422 g/mol. The van der Waals surface area contributed by atoms with E-state index in [9.17, 15) is 9.59 Å². The van der Waals surface area contributed by atoms with Crippen LogP contribution in [0.5, 0.6) is 0 Å². The van der Waals surface area contributed by atoms with E-state index in [1.165, 1.54) is 11.8 Å². The lowest BCUT2D eigenvalue weighted by Crippen LogP contribution is -2.31. The van der Waals surface area contributed by atoms with Gasteiger partial charge in [-0.1, -0.05) is 48.5 Å². The Balaban J connectivity index is 1.68. The molecule has 0 radical (unpaired) electrons. The van der Waals surface area contributed by atoms with Gasteiger partial charge in [-0.15, -0.1) is 0 Å². The van der Waals surface area contributed by atoms with Crippen LogP contribution < -0.4 is 4.90 Å². The van der Waals surface area contributed by atoms with Crippen LogP contribution in [0.3, 0.4) is 0 Å². The predicted octanol–water partition coefficient (Wildman–Crippen LogP) is 3.54. The molecule has 2 amide bonds. The summed E-state index contributed by atoms with van der Waals surface area (Å²) < 4.78 is 5.16. The quantitative estimate of drug-likeness (QED) is 0.668. The maximum atomic E-state index is 13.4. The number of hydrogen-bond donors (Lipinski definition) is 0. The van der Waals surface area contributed by atoms with Gasteiger partial charge < -0.3 is 14.5 Å². The molecule has 4 rings (SSSR count). The Bertz CT molecular complexity index is 1030. The molecule has 0 bridgehead atoms. The van der Waals surface area contributed by atoms with E-state index in [0.29, 0.717) is 41.9 Å². The highest BCUT2D eigenvalue weighted by molar-refractivity contribution is 8.18. The van der Waals surface area contributed by atoms with Crippen LogP contribution in [-0.4, -0.2) is 48.7 Å². The fraction of sp³-hybridized carbons (Fsp3) is 0.261. The van der Waals surface area contributed by atoms with Gasteiger partial charge in [-0.25, -0.2) is 0 Å². The molecule has 0 N–H and O–H groups in total. The highest BCUT2D eigenvalue weighted by Crippen LogP contribution is 2.44. The molecule has 30 heavy (non-hydrogen) atoms. The number of para-hydroxylation sites is 1. The molecular formula is C23H23N3O3S. The number of aliphatic imine (C=N–C) groups is 1. The van der Waals surface area contributed by atoms with Gasteiger partial charge in [0.2, 0.25) is 0 Å². The van der Waals surface area contributed by atoms with Crippen molar-refractivity contribution in [2.45, 2.75) is 13.5 Å². The Hall–Kier alpha value is -2.90. The van der Waals surface area contributed by atoms with Crippen molar-refractivity contribution >= 4 is 40.0 Å². The summed E-state index contributed by atoms with van der Waals surface area (Å²) in [6, 6.07) is 17.5. The maximum Gasteiger partial charge on any atom is 0.287 e. The number of rotatable bonds is 6. The first-order chi connectivity index (χ1) is 14.6. The van der Waals surface area contributed by atoms with Gasteiger partial charge in [0.1, 0.15) is 0 Å². The van der Waals surface area contributed by atoms with E-state index < -0.39 is 0 Å². The smallest absolute Gasteiger partial charge is 0.287 e. The van der Waals surface area contributed by atoms with E-state index in [2.05, 4.69) is 4.99 Å². The number of nitrogens with zero attached hydrogens (tertiary/aromatic N) is 3. The molecule has 2 aliphatic rings. The van der Waals surface area contributed by atoms with Crippen molar-refractivity contribution in [3.63, 3.8) is 0 Å². The zero-order valence-corrected chi connectivity index (χ0v) is 17.8. The maximum absolute atomic E-state index is 13.4. The van der Waals surface area contributed by atoms with Gasteiger partial charge in [0.05, 0.1) is 29.3 Å². The van der Waals surface area contributed by atoms with E-state index in [0.717, 1.165) is 16.8 Å². The minimum absolute atomic E-state index is 0.160. The van der Waals surface area contributed by atoms with Gasteiger partial charge in [0.15, 0.2) is 5.17 Å². The molecule has 0 unspecified atom stereocenters. The summed E-state index contributed by atoms with van der Waals surface area (Å²) >= 11 is 1.28.